The fraction of sp³-hybridized carbons (Fsp3) is 0.727. The zero-order valence-corrected chi connectivity index (χ0v) is 9.81. The molecule has 0 aliphatic carbocycles. The first-order chi connectivity index (χ1) is 8.04. The van der Waals surface area contributed by atoms with Crippen molar-refractivity contribution < 1.29 is 14.3 Å². The molecule has 0 bridgehead atoms. The average molecular weight is 239 g/mol. The topological polar surface area (TPSA) is 105 Å². The van der Waals surface area contributed by atoms with Crippen LogP contribution in [0.2, 0.25) is 0 Å². The molecule has 0 unspecified atom stereocenters. The summed E-state index contributed by atoms with van der Waals surface area (Å²) in [5.74, 6) is -1.38. The number of nitrogens with one attached hydrogen (secondary N) is 1. The second kappa shape index (κ2) is 6.21. The molecule has 0 saturated carbocycles. The van der Waals surface area contributed by atoms with Crippen LogP contribution < -0.4 is 11.1 Å². The molecule has 0 spiro atoms. The number of carbonyl (C=O) groups excluding carboxylic acids is 2. The van der Waals surface area contributed by atoms with Crippen LogP contribution >= 0.6 is 0 Å². The molecule has 94 valence electrons. The fourth-order valence-corrected chi connectivity index (χ4v) is 1.68. The molecular formula is C11H17N3O3. The summed E-state index contributed by atoms with van der Waals surface area (Å²) in [6.07, 6.45) is 0.899. The van der Waals surface area contributed by atoms with E-state index in [-0.39, 0.29) is 24.2 Å². The number of hydrogen-bond acceptors (Lipinski definition) is 4. The number of rotatable bonds is 5. The van der Waals surface area contributed by atoms with Gasteiger partial charge in [0, 0.05) is 12.5 Å². The summed E-state index contributed by atoms with van der Waals surface area (Å²) in [5, 5.41) is 11.3. The van der Waals surface area contributed by atoms with Crippen LogP contribution in [-0.4, -0.2) is 31.1 Å². The Bertz CT molecular complexity index is 331. The number of primary amides is 1. The van der Waals surface area contributed by atoms with E-state index in [0.29, 0.717) is 19.6 Å². The van der Waals surface area contributed by atoms with E-state index in [9.17, 15) is 9.59 Å². The summed E-state index contributed by atoms with van der Waals surface area (Å²) < 4.78 is 5.09. The van der Waals surface area contributed by atoms with E-state index in [1.165, 1.54) is 0 Å². The predicted molar refractivity (Wildman–Crippen MR) is 59.4 cm³/mol. The van der Waals surface area contributed by atoms with Gasteiger partial charge in [-0.05, 0) is 19.8 Å². The summed E-state index contributed by atoms with van der Waals surface area (Å²) in [6, 6.07) is 1.23. The Kier molecular flexibility index (Phi) is 4.91. The molecule has 6 heteroatoms. The third-order valence-electron chi connectivity index (χ3n) is 2.77. The third kappa shape index (κ3) is 4.04. The average Bonchev–Trinajstić information content (AvgIpc) is 2.81. The van der Waals surface area contributed by atoms with Crippen molar-refractivity contribution >= 4 is 11.8 Å². The van der Waals surface area contributed by atoms with Gasteiger partial charge in [-0.2, -0.15) is 5.26 Å². The highest BCUT2D eigenvalue weighted by atomic mass is 16.5. The van der Waals surface area contributed by atoms with Crippen molar-refractivity contribution in [3.05, 3.63) is 0 Å². The molecule has 1 saturated heterocycles. The van der Waals surface area contributed by atoms with Gasteiger partial charge in [-0.15, -0.1) is 0 Å². The van der Waals surface area contributed by atoms with Crippen molar-refractivity contribution in [3.63, 3.8) is 0 Å². The Morgan fingerprint density at radius 1 is 1.65 bits per heavy atom. The van der Waals surface area contributed by atoms with E-state index in [4.69, 9.17) is 15.7 Å². The number of nitrogens with zero attached hydrogens (tertiary/aromatic N) is 1. The van der Waals surface area contributed by atoms with E-state index in [2.05, 4.69) is 5.32 Å². The second-order valence-electron chi connectivity index (χ2n) is 4.29. The number of nitriles is 1. The minimum absolute atomic E-state index is 0.214. The van der Waals surface area contributed by atoms with Crippen LogP contribution in [0.5, 0.6) is 0 Å². The summed E-state index contributed by atoms with van der Waals surface area (Å²) >= 11 is 0. The first kappa shape index (κ1) is 13.5. The molecule has 0 aromatic carbocycles. The van der Waals surface area contributed by atoms with E-state index >= 15 is 0 Å². The van der Waals surface area contributed by atoms with Crippen LogP contribution in [0.3, 0.4) is 0 Å². The fourth-order valence-electron chi connectivity index (χ4n) is 1.68. The maximum absolute atomic E-state index is 11.7. The van der Waals surface area contributed by atoms with Crippen LogP contribution in [0.4, 0.5) is 0 Å². The summed E-state index contributed by atoms with van der Waals surface area (Å²) in [7, 11) is 0. The largest absolute Gasteiger partial charge is 0.381 e. The molecule has 17 heavy (non-hydrogen) atoms. The maximum atomic E-state index is 11.7. The molecule has 0 aromatic rings. The van der Waals surface area contributed by atoms with Crippen LogP contribution in [0.1, 0.15) is 19.8 Å². The van der Waals surface area contributed by atoms with Crippen molar-refractivity contribution in [2.75, 3.05) is 13.2 Å². The molecule has 6 nitrogen and oxygen atoms in total. The zero-order chi connectivity index (χ0) is 12.8. The third-order valence-corrected chi connectivity index (χ3v) is 2.77. The molecular weight excluding hydrogens is 222 g/mol. The number of hydrogen-bond donors (Lipinski definition) is 2. The molecule has 1 fully saturated rings. The first-order valence-corrected chi connectivity index (χ1v) is 5.61. The lowest BCUT2D eigenvalue weighted by Gasteiger charge is -2.18. The van der Waals surface area contributed by atoms with Crippen molar-refractivity contribution in [2.45, 2.75) is 25.8 Å². The monoisotopic (exact) mass is 239 g/mol. The lowest BCUT2D eigenvalue weighted by molar-refractivity contribution is -0.130. The highest BCUT2D eigenvalue weighted by Crippen LogP contribution is 2.13. The minimum Gasteiger partial charge on any atom is -0.381 e. The normalized spacial score (nSPS) is 22.5. The molecule has 2 amide bonds. The number of amides is 2. The van der Waals surface area contributed by atoms with Crippen molar-refractivity contribution in [1.29, 1.82) is 5.26 Å². The van der Waals surface area contributed by atoms with Crippen molar-refractivity contribution in [3.8, 4) is 6.07 Å². The highest BCUT2D eigenvalue weighted by molar-refractivity contribution is 5.87. The maximum Gasteiger partial charge on any atom is 0.240 e. The van der Waals surface area contributed by atoms with Gasteiger partial charge in [0.1, 0.15) is 6.04 Å². The van der Waals surface area contributed by atoms with Crippen LogP contribution in [0.25, 0.3) is 0 Å². The summed E-state index contributed by atoms with van der Waals surface area (Å²) in [6.45, 7) is 2.62. The van der Waals surface area contributed by atoms with Gasteiger partial charge in [-0.3, -0.25) is 9.59 Å². The Morgan fingerprint density at radius 3 is 2.82 bits per heavy atom. The second-order valence-corrected chi connectivity index (χ2v) is 4.29. The Hall–Kier alpha value is -1.61. The van der Waals surface area contributed by atoms with E-state index in [0.717, 1.165) is 0 Å². The van der Waals surface area contributed by atoms with Crippen LogP contribution in [-0.2, 0) is 14.3 Å². The van der Waals surface area contributed by atoms with Gasteiger partial charge in [0.15, 0.2) is 0 Å². The SMILES string of the molecule is C[C@@H](C#N)C[C@@H](NC(=O)[C@H]1CCOC1)C(N)=O. The lowest BCUT2D eigenvalue weighted by atomic mass is 10.0. The molecule has 1 rings (SSSR count). The zero-order valence-electron chi connectivity index (χ0n) is 9.81. The first-order valence-electron chi connectivity index (χ1n) is 5.61. The Balaban J connectivity index is 2.51. The Morgan fingerprint density at radius 2 is 2.35 bits per heavy atom. The highest BCUT2D eigenvalue weighted by Gasteiger charge is 2.27. The van der Waals surface area contributed by atoms with Gasteiger partial charge in [-0.25, -0.2) is 0 Å². The van der Waals surface area contributed by atoms with Crippen molar-refractivity contribution in [1.82, 2.24) is 5.32 Å². The van der Waals surface area contributed by atoms with Gasteiger partial charge in [0.05, 0.1) is 18.6 Å². The molecule has 1 aliphatic rings. The molecule has 0 aromatic heterocycles. The molecule has 3 N–H and O–H groups in total. The van der Waals surface area contributed by atoms with E-state index < -0.39 is 11.9 Å². The summed E-state index contributed by atoms with van der Waals surface area (Å²) in [4.78, 5) is 22.9. The van der Waals surface area contributed by atoms with Gasteiger partial charge in [-0.1, -0.05) is 0 Å². The van der Waals surface area contributed by atoms with Gasteiger partial charge >= 0.3 is 0 Å². The number of ether oxygens (including phenoxy) is 1. The van der Waals surface area contributed by atoms with Gasteiger partial charge in [0.25, 0.3) is 0 Å². The van der Waals surface area contributed by atoms with Gasteiger partial charge < -0.3 is 15.8 Å². The quantitative estimate of drug-likeness (QED) is 0.677. The minimum atomic E-state index is -0.780. The number of nitrogens with two attached hydrogens (primary N) is 1. The smallest absolute Gasteiger partial charge is 0.240 e. The standard InChI is InChI=1S/C11H17N3O3/c1-7(5-12)4-9(10(13)15)14-11(16)8-2-3-17-6-8/h7-9H,2-4,6H2,1H3,(H2,13,15)(H,14,16)/t7-,8+,9-/m1/s1. The van der Waals surface area contributed by atoms with Crippen LogP contribution in [0.15, 0.2) is 0 Å². The van der Waals surface area contributed by atoms with Crippen molar-refractivity contribution in [2.24, 2.45) is 17.6 Å². The Labute approximate surface area is 100 Å². The molecule has 1 aliphatic heterocycles. The predicted octanol–water partition coefficient (Wildman–Crippen LogP) is -0.457. The summed E-state index contributed by atoms with van der Waals surface area (Å²) in [5.41, 5.74) is 5.19. The van der Waals surface area contributed by atoms with Crippen LogP contribution in [0, 0.1) is 23.2 Å². The number of carbonyl (C=O) groups is 2. The molecule has 3 atom stereocenters. The van der Waals surface area contributed by atoms with Gasteiger partial charge in [0.2, 0.25) is 11.8 Å². The lowest BCUT2D eigenvalue weighted by Crippen LogP contribution is -2.47. The van der Waals surface area contributed by atoms with E-state index in [1.807, 2.05) is 6.07 Å². The molecule has 0 radical (unpaired) electrons. The van der Waals surface area contributed by atoms with E-state index in [1.54, 1.807) is 6.92 Å². The molecule has 1 heterocycles.